The van der Waals surface area contributed by atoms with Crippen molar-refractivity contribution in [1.82, 2.24) is 5.32 Å². The monoisotopic (exact) mass is 249 g/mol. The van der Waals surface area contributed by atoms with Crippen LogP contribution < -0.4 is 14.8 Å². The van der Waals surface area contributed by atoms with Crippen LogP contribution in [0.2, 0.25) is 0 Å². The smallest absolute Gasteiger partial charge is 0.168 e. The zero-order valence-corrected chi connectivity index (χ0v) is 10.4. The molecule has 98 valence electrons. The zero-order chi connectivity index (χ0) is 12.4. The number of hydrogen-bond donors (Lipinski definition) is 2. The van der Waals surface area contributed by atoms with Crippen molar-refractivity contribution in [2.24, 2.45) is 0 Å². The summed E-state index contributed by atoms with van der Waals surface area (Å²) in [5.41, 5.74) is 0.883. The SMILES string of the molecule is Oc1ccc2c(c1CC1CCCN1)OCCCO2. The minimum atomic E-state index is 0.313. The maximum atomic E-state index is 10.1. The number of phenols is 1. The maximum absolute atomic E-state index is 10.1. The molecular weight excluding hydrogens is 230 g/mol. The molecule has 0 spiro atoms. The molecule has 1 unspecified atom stereocenters. The Bertz CT molecular complexity index is 427. The average molecular weight is 249 g/mol. The number of fused-ring (bicyclic) bond motifs is 1. The summed E-state index contributed by atoms with van der Waals surface area (Å²) in [6.07, 6.45) is 4.05. The van der Waals surface area contributed by atoms with Gasteiger partial charge in [0.2, 0.25) is 0 Å². The van der Waals surface area contributed by atoms with Crippen molar-refractivity contribution >= 4 is 0 Å². The second-order valence-corrected chi connectivity index (χ2v) is 4.94. The summed E-state index contributed by atoms with van der Waals surface area (Å²) >= 11 is 0. The van der Waals surface area contributed by atoms with Crippen LogP contribution in [0.5, 0.6) is 17.2 Å². The third-order valence-corrected chi connectivity index (χ3v) is 3.61. The molecule has 0 radical (unpaired) electrons. The number of ether oxygens (including phenoxy) is 2. The van der Waals surface area contributed by atoms with Crippen molar-refractivity contribution in [3.8, 4) is 17.2 Å². The normalized spacial score (nSPS) is 22.8. The van der Waals surface area contributed by atoms with Gasteiger partial charge in [-0.3, -0.25) is 0 Å². The van der Waals surface area contributed by atoms with Crippen LogP contribution in [0.15, 0.2) is 12.1 Å². The van der Waals surface area contributed by atoms with Gasteiger partial charge in [0.1, 0.15) is 5.75 Å². The summed E-state index contributed by atoms with van der Waals surface area (Å²) in [5, 5.41) is 13.5. The van der Waals surface area contributed by atoms with Gasteiger partial charge in [0.05, 0.1) is 13.2 Å². The van der Waals surface area contributed by atoms with Gasteiger partial charge in [-0.1, -0.05) is 0 Å². The summed E-state index contributed by atoms with van der Waals surface area (Å²) in [6.45, 7) is 2.40. The third kappa shape index (κ3) is 2.25. The topological polar surface area (TPSA) is 50.7 Å². The first-order valence-corrected chi connectivity index (χ1v) is 6.68. The third-order valence-electron chi connectivity index (χ3n) is 3.61. The summed E-state index contributed by atoms with van der Waals surface area (Å²) in [5.74, 6) is 1.81. The van der Waals surface area contributed by atoms with Crippen molar-refractivity contribution in [3.05, 3.63) is 17.7 Å². The number of hydrogen-bond acceptors (Lipinski definition) is 4. The van der Waals surface area contributed by atoms with Crippen LogP contribution in [0.3, 0.4) is 0 Å². The number of aromatic hydroxyl groups is 1. The summed E-state index contributed by atoms with van der Waals surface area (Å²) < 4.78 is 11.4. The van der Waals surface area contributed by atoms with E-state index in [2.05, 4.69) is 5.32 Å². The molecule has 1 aromatic carbocycles. The molecule has 4 nitrogen and oxygen atoms in total. The minimum Gasteiger partial charge on any atom is -0.508 e. The molecule has 1 aromatic rings. The number of benzene rings is 1. The Balaban J connectivity index is 1.90. The highest BCUT2D eigenvalue weighted by Gasteiger charge is 2.22. The summed E-state index contributed by atoms with van der Waals surface area (Å²) in [7, 11) is 0. The van der Waals surface area contributed by atoms with Gasteiger partial charge in [0.15, 0.2) is 11.5 Å². The van der Waals surface area contributed by atoms with Gasteiger partial charge in [-0.15, -0.1) is 0 Å². The maximum Gasteiger partial charge on any atom is 0.168 e. The lowest BCUT2D eigenvalue weighted by atomic mass is 10.0. The lowest BCUT2D eigenvalue weighted by Gasteiger charge is -2.17. The Hall–Kier alpha value is -1.42. The van der Waals surface area contributed by atoms with E-state index in [0.29, 0.717) is 25.0 Å². The van der Waals surface area contributed by atoms with Crippen LogP contribution in [0.25, 0.3) is 0 Å². The van der Waals surface area contributed by atoms with Crippen molar-refractivity contribution in [2.45, 2.75) is 31.7 Å². The highest BCUT2D eigenvalue weighted by Crippen LogP contribution is 2.39. The lowest BCUT2D eigenvalue weighted by Crippen LogP contribution is -2.24. The molecule has 2 N–H and O–H groups in total. The Morgan fingerprint density at radius 3 is 2.94 bits per heavy atom. The predicted octanol–water partition coefficient (Wildman–Crippen LogP) is 1.85. The van der Waals surface area contributed by atoms with Gasteiger partial charge in [0.25, 0.3) is 0 Å². The van der Waals surface area contributed by atoms with Gasteiger partial charge in [-0.05, 0) is 37.9 Å². The number of phenolic OH excluding ortho intramolecular Hbond substituents is 1. The summed E-state index contributed by atoms with van der Waals surface area (Å²) in [4.78, 5) is 0. The van der Waals surface area contributed by atoms with Crippen LogP contribution in [-0.2, 0) is 6.42 Å². The fourth-order valence-electron chi connectivity index (χ4n) is 2.66. The molecule has 4 heteroatoms. The average Bonchev–Trinajstić information content (AvgIpc) is 2.76. The Labute approximate surface area is 107 Å². The van der Waals surface area contributed by atoms with E-state index in [-0.39, 0.29) is 0 Å². The molecule has 2 aliphatic heterocycles. The van der Waals surface area contributed by atoms with E-state index in [1.54, 1.807) is 12.1 Å². The number of nitrogens with one attached hydrogen (secondary N) is 1. The van der Waals surface area contributed by atoms with Crippen molar-refractivity contribution < 1.29 is 14.6 Å². The minimum absolute atomic E-state index is 0.313. The van der Waals surface area contributed by atoms with Crippen molar-refractivity contribution in [3.63, 3.8) is 0 Å². The van der Waals surface area contributed by atoms with Gasteiger partial charge in [0, 0.05) is 18.0 Å². The molecule has 0 saturated carbocycles. The molecule has 1 fully saturated rings. The Morgan fingerprint density at radius 1 is 1.22 bits per heavy atom. The highest BCUT2D eigenvalue weighted by molar-refractivity contribution is 5.54. The molecule has 3 rings (SSSR count). The van der Waals surface area contributed by atoms with Crippen LogP contribution in [0.4, 0.5) is 0 Å². The molecule has 0 amide bonds. The standard InChI is InChI=1S/C14H19NO3/c16-12-4-5-13-14(18-8-2-7-17-13)11(12)9-10-3-1-6-15-10/h4-5,10,15-16H,1-3,6-9H2. The molecule has 2 heterocycles. The fraction of sp³-hybridized carbons (Fsp3) is 0.571. The second kappa shape index (κ2) is 5.06. The quantitative estimate of drug-likeness (QED) is 0.840. The highest BCUT2D eigenvalue weighted by atomic mass is 16.5. The van der Waals surface area contributed by atoms with Gasteiger partial charge in [-0.2, -0.15) is 0 Å². The van der Waals surface area contributed by atoms with Gasteiger partial charge in [-0.25, -0.2) is 0 Å². The van der Waals surface area contributed by atoms with Crippen LogP contribution >= 0.6 is 0 Å². The first-order chi connectivity index (χ1) is 8.84. The van der Waals surface area contributed by atoms with Gasteiger partial charge >= 0.3 is 0 Å². The van der Waals surface area contributed by atoms with Crippen LogP contribution in [-0.4, -0.2) is 30.9 Å². The van der Waals surface area contributed by atoms with E-state index in [1.807, 2.05) is 0 Å². The van der Waals surface area contributed by atoms with E-state index in [1.165, 1.54) is 6.42 Å². The first kappa shape index (κ1) is 11.7. The molecule has 0 aliphatic carbocycles. The Kier molecular flexibility index (Phi) is 3.28. The zero-order valence-electron chi connectivity index (χ0n) is 10.4. The van der Waals surface area contributed by atoms with E-state index >= 15 is 0 Å². The number of rotatable bonds is 2. The van der Waals surface area contributed by atoms with Crippen molar-refractivity contribution in [1.29, 1.82) is 0 Å². The molecule has 1 saturated heterocycles. The van der Waals surface area contributed by atoms with Crippen molar-refractivity contribution in [2.75, 3.05) is 19.8 Å². The molecular formula is C14H19NO3. The van der Waals surface area contributed by atoms with E-state index in [4.69, 9.17) is 9.47 Å². The fourth-order valence-corrected chi connectivity index (χ4v) is 2.66. The largest absolute Gasteiger partial charge is 0.508 e. The second-order valence-electron chi connectivity index (χ2n) is 4.94. The molecule has 0 bridgehead atoms. The molecule has 0 aromatic heterocycles. The Morgan fingerprint density at radius 2 is 2.11 bits per heavy atom. The summed E-state index contributed by atoms with van der Waals surface area (Å²) in [6, 6.07) is 3.94. The van der Waals surface area contributed by atoms with E-state index in [0.717, 1.165) is 42.9 Å². The van der Waals surface area contributed by atoms with E-state index < -0.39 is 0 Å². The van der Waals surface area contributed by atoms with E-state index in [9.17, 15) is 5.11 Å². The lowest BCUT2D eigenvalue weighted by molar-refractivity contribution is 0.295. The first-order valence-electron chi connectivity index (χ1n) is 6.68. The van der Waals surface area contributed by atoms with Crippen LogP contribution in [0.1, 0.15) is 24.8 Å². The molecule has 1 atom stereocenters. The van der Waals surface area contributed by atoms with Gasteiger partial charge < -0.3 is 19.9 Å². The molecule has 18 heavy (non-hydrogen) atoms. The van der Waals surface area contributed by atoms with Crippen LogP contribution in [0, 0.1) is 0 Å². The predicted molar refractivity (Wildman–Crippen MR) is 68.4 cm³/mol. The molecule has 2 aliphatic rings.